The van der Waals surface area contributed by atoms with Crippen molar-refractivity contribution in [2.75, 3.05) is 33.0 Å². The van der Waals surface area contributed by atoms with Crippen LogP contribution in [-0.2, 0) is 47.6 Å². The first-order valence-corrected chi connectivity index (χ1v) is 28.1. The van der Waals surface area contributed by atoms with Crippen LogP contribution >= 0.6 is 0 Å². The maximum atomic E-state index is 13.3. The SMILES string of the molecule is CC(=O)O[C@H]1[C@@H](O)[C@H](O[C@@H]2[C@@H](O)[C@@H](O)CO[C@H]2[C@@H](OO)[C@]23CCC(C)(C)C[C@H]2C2=CC[C@@H]4[C@@]5(C)C[C@H](O)[C@H](O[C@@H]6O[C@H](CO)[C@@H](O)[C@H](O)[C@H]6O)C(CO)(CO)[C@H]5CC[C@@]4(C)[C@]2(C)C[C@H]3O)O[C@@H](C)[C@@H]1O[C@H]1OC[C@H](O)[C@@H](O)[C@@H]1O. The number of aliphatic hydroxyl groups is 14. The topological polar surface area (TPSA) is 404 Å². The number of ether oxygens (including phenoxy) is 8. The summed E-state index contributed by atoms with van der Waals surface area (Å²) in [6.07, 6.45) is -29.1. The number of aliphatic hydroxyl groups excluding tert-OH is 14. The van der Waals surface area contributed by atoms with E-state index in [-0.39, 0.29) is 30.6 Å². The Balaban J connectivity index is 1.03. The maximum Gasteiger partial charge on any atom is 0.303 e. The van der Waals surface area contributed by atoms with E-state index in [1.165, 1.54) is 6.92 Å². The first-order valence-electron chi connectivity index (χ1n) is 28.1. The third kappa shape index (κ3) is 9.89. The van der Waals surface area contributed by atoms with Crippen molar-refractivity contribution < 1.29 is 124 Å². The van der Waals surface area contributed by atoms with E-state index in [4.69, 9.17) is 42.8 Å². The Kier molecular flexibility index (Phi) is 17.7. The van der Waals surface area contributed by atoms with Crippen molar-refractivity contribution in [1.82, 2.24) is 0 Å². The van der Waals surface area contributed by atoms with Crippen molar-refractivity contribution in [3.8, 4) is 0 Å². The molecule has 0 aromatic rings. The van der Waals surface area contributed by atoms with Gasteiger partial charge in [-0.15, -0.1) is 0 Å². The van der Waals surface area contributed by atoms with E-state index in [1.807, 2.05) is 6.92 Å². The lowest BCUT2D eigenvalue weighted by Crippen LogP contribution is -2.73. The van der Waals surface area contributed by atoms with Crippen LogP contribution in [0.5, 0.6) is 0 Å². The molecule has 4 saturated carbocycles. The number of carbonyl (C=O) groups excluding carboxylic acids is 1. The standard InChI is InChI=1S/C54H88O25/c1-22-40(76-46-37(67)33(63)27(60)19-72-46)42(74-23(2)58)39(69)48(73-22)77-41-34(64)28(61)18-71-43(41)45(79-70)54-13-12-49(3,4)14-25(54)24-8-9-30-50(5)15-26(59)44(78-47-38(68)36(66)35(65)29(17-55)75-47)53(20-56,21-57)31(50)10-11-51(30,6)52(24,7)16-32(54)62/h8,22,25-48,55-57,59-70H,9-21H2,1-7H3/t22-,25-,26-,27-,28-,29+,30+,31-,32+,33+,34-,35+,36-,37-,38+,39+,40-,41+,42-,43+,44-,45+,46+,47-,48-,50+,51+,52+,54+/m0/s1. The highest BCUT2D eigenvalue weighted by atomic mass is 17.1. The van der Waals surface area contributed by atoms with Gasteiger partial charge in [0.2, 0.25) is 0 Å². The van der Waals surface area contributed by atoms with Crippen LogP contribution < -0.4 is 0 Å². The van der Waals surface area contributed by atoms with Crippen molar-refractivity contribution in [1.29, 1.82) is 0 Å². The van der Waals surface area contributed by atoms with Gasteiger partial charge in [-0.25, -0.2) is 4.89 Å². The third-order valence-electron chi connectivity index (χ3n) is 21.5. The highest BCUT2D eigenvalue weighted by Crippen LogP contribution is 2.76. The van der Waals surface area contributed by atoms with Crippen LogP contribution in [-0.4, -0.2) is 251 Å². The Morgan fingerprint density at radius 1 is 0.671 bits per heavy atom. The average molecular weight is 1140 g/mol. The van der Waals surface area contributed by atoms with E-state index in [0.717, 1.165) is 12.5 Å². The van der Waals surface area contributed by atoms with Gasteiger partial charge in [0.05, 0.1) is 57.5 Å². The summed E-state index contributed by atoms with van der Waals surface area (Å²) >= 11 is 0. The van der Waals surface area contributed by atoms with Crippen molar-refractivity contribution in [2.24, 2.45) is 50.2 Å². The van der Waals surface area contributed by atoms with Crippen molar-refractivity contribution >= 4 is 5.97 Å². The van der Waals surface area contributed by atoms with E-state index >= 15 is 0 Å². The second-order valence-electron chi connectivity index (χ2n) is 26.2. The highest BCUT2D eigenvalue weighted by molar-refractivity contribution is 5.66. The molecule has 0 aromatic carbocycles. The lowest BCUT2D eigenvalue weighted by molar-refractivity contribution is -0.389. The number of esters is 1. The van der Waals surface area contributed by atoms with Gasteiger partial charge in [0.15, 0.2) is 25.0 Å². The van der Waals surface area contributed by atoms with E-state index in [1.54, 1.807) is 0 Å². The molecule has 25 nitrogen and oxygen atoms in total. The van der Waals surface area contributed by atoms with Gasteiger partial charge < -0.3 is 109 Å². The lowest BCUT2D eigenvalue weighted by atomic mass is 9.32. The minimum Gasteiger partial charge on any atom is -0.457 e. The lowest BCUT2D eigenvalue weighted by Gasteiger charge is -2.73. The summed E-state index contributed by atoms with van der Waals surface area (Å²) in [5.41, 5.74) is -4.42. The van der Waals surface area contributed by atoms with Crippen LogP contribution in [0.25, 0.3) is 0 Å². The molecule has 4 aliphatic heterocycles. The normalized spacial score (nSPS) is 52.8. The summed E-state index contributed by atoms with van der Waals surface area (Å²) in [5.74, 6) is -2.12. The van der Waals surface area contributed by atoms with Crippen molar-refractivity contribution in [3.63, 3.8) is 0 Å². The number of rotatable bonds is 13. The Bertz CT molecular complexity index is 2170. The largest absolute Gasteiger partial charge is 0.457 e. The number of carbonyl (C=O) groups is 1. The van der Waals surface area contributed by atoms with E-state index in [9.17, 15) is 81.5 Å². The number of fused-ring (bicyclic) bond motifs is 7. The molecule has 79 heavy (non-hydrogen) atoms. The monoisotopic (exact) mass is 1140 g/mol. The van der Waals surface area contributed by atoms with Gasteiger partial charge in [0, 0.05) is 17.8 Å². The van der Waals surface area contributed by atoms with Crippen LogP contribution in [0.1, 0.15) is 99.8 Å². The summed E-state index contributed by atoms with van der Waals surface area (Å²) < 4.78 is 47.8. The van der Waals surface area contributed by atoms with E-state index in [0.29, 0.717) is 32.1 Å². The number of hydrogen-bond donors (Lipinski definition) is 15. The summed E-state index contributed by atoms with van der Waals surface area (Å²) in [6, 6.07) is 0. The Hall–Kier alpha value is -1.71. The second-order valence-corrected chi connectivity index (χ2v) is 26.2. The molecule has 29 atom stereocenters. The van der Waals surface area contributed by atoms with Crippen LogP contribution in [0.15, 0.2) is 11.6 Å². The summed E-state index contributed by atoms with van der Waals surface area (Å²) in [6.45, 7) is 10.3. The molecule has 9 aliphatic rings. The molecule has 15 N–H and O–H groups in total. The molecule has 0 spiro atoms. The summed E-state index contributed by atoms with van der Waals surface area (Å²) in [5, 5.41) is 168. The molecule has 0 unspecified atom stereocenters. The maximum absolute atomic E-state index is 13.3. The smallest absolute Gasteiger partial charge is 0.303 e. The molecular formula is C54H88O25. The number of hydrogen-bond acceptors (Lipinski definition) is 25. The fourth-order valence-corrected chi connectivity index (χ4v) is 17.2. The van der Waals surface area contributed by atoms with Crippen LogP contribution in [0, 0.1) is 50.2 Å². The predicted octanol–water partition coefficient (Wildman–Crippen LogP) is -2.91. The zero-order valence-corrected chi connectivity index (χ0v) is 46.0. The van der Waals surface area contributed by atoms with Crippen LogP contribution in [0.4, 0.5) is 0 Å². The Morgan fingerprint density at radius 2 is 1.30 bits per heavy atom. The minimum absolute atomic E-state index is 0.111. The molecule has 4 saturated heterocycles. The van der Waals surface area contributed by atoms with Gasteiger partial charge in [-0.2, -0.15) is 0 Å². The molecule has 0 aromatic heterocycles. The fraction of sp³-hybridized carbons (Fsp3) is 0.944. The quantitative estimate of drug-likeness (QED) is 0.0289. The zero-order chi connectivity index (χ0) is 57.9. The highest BCUT2D eigenvalue weighted by Gasteiger charge is 2.74. The van der Waals surface area contributed by atoms with E-state index < -0.39 is 213 Å². The van der Waals surface area contributed by atoms with Gasteiger partial charge >= 0.3 is 5.97 Å². The first kappa shape index (κ1) is 61.8. The van der Waals surface area contributed by atoms with E-state index in [2.05, 4.69) is 33.8 Å². The van der Waals surface area contributed by atoms with Gasteiger partial charge in [0.1, 0.15) is 85.5 Å². The summed E-state index contributed by atoms with van der Waals surface area (Å²) in [4.78, 5) is 18.1. The van der Waals surface area contributed by atoms with Crippen LogP contribution in [0.3, 0.4) is 0 Å². The summed E-state index contributed by atoms with van der Waals surface area (Å²) in [7, 11) is 0. The Morgan fingerprint density at radius 3 is 1.95 bits per heavy atom. The molecule has 4 heterocycles. The molecule has 454 valence electrons. The molecule has 25 heteroatoms. The van der Waals surface area contributed by atoms with Crippen molar-refractivity contribution in [2.45, 2.75) is 235 Å². The average Bonchev–Trinajstić information content (AvgIpc) is 2.44. The molecular weight excluding hydrogens is 1050 g/mol. The zero-order valence-electron chi connectivity index (χ0n) is 46.0. The fourth-order valence-electron chi connectivity index (χ4n) is 17.2. The second kappa shape index (κ2) is 22.6. The Labute approximate surface area is 458 Å². The minimum atomic E-state index is -1.90. The number of allylic oxidation sites excluding steroid dienone is 2. The molecule has 9 rings (SSSR count). The van der Waals surface area contributed by atoms with Crippen LogP contribution in [0.2, 0.25) is 0 Å². The molecule has 0 radical (unpaired) electrons. The molecule has 0 bridgehead atoms. The molecule has 0 amide bonds. The first-order chi connectivity index (χ1) is 37.1. The van der Waals surface area contributed by atoms with Crippen molar-refractivity contribution in [3.05, 3.63) is 11.6 Å². The predicted molar refractivity (Wildman–Crippen MR) is 266 cm³/mol. The van der Waals surface area contributed by atoms with Gasteiger partial charge in [0.25, 0.3) is 0 Å². The molecule has 8 fully saturated rings. The third-order valence-corrected chi connectivity index (χ3v) is 21.5. The molecule has 5 aliphatic carbocycles. The van der Waals surface area contributed by atoms with Gasteiger partial charge in [-0.05, 0) is 97.7 Å². The van der Waals surface area contributed by atoms with Gasteiger partial charge in [-0.3, -0.25) is 10.1 Å². The van der Waals surface area contributed by atoms with Gasteiger partial charge in [-0.1, -0.05) is 46.3 Å².